The molecule has 11 nitrogen and oxygen atoms in total. The van der Waals surface area contributed by atoms with Crippen LogP contribution in [0.5, 0.6) is 0 Å². The summed E-state index contributed by atoms with van der Waals surface area (Å²) in [6.45, 7) is -0.331. The van der Waals surface area contributed by atoms with Gasteiger partial charge < -0.3 is 49.6 Å². The molecule has 2 saturated heterocycles. The second kappa shape index (κ2) is 7.34. The van der Waals surface area contributed by atoms with Crippen LogP contribution in [0.15, 0.2) is 0 Å². The van der Waals surface area contributed by atoms with E-state index in [2.05, 4.69) is 0 Å². The van der Waals surface area contributed by atoms with Crippen molar-refractivity contribution in [3.05, 3.63) is 0 Å². The predicted octanol–water partition coefficient (Wildman–Crippen LogP) is -4.01. The number of carbonyl (C=O) groups is 1. The Labute approximate surface area is 130 Å². The van der Waals surface area contributed by atoms with Crippen LogP contribution in [-0.2, 0) is 23.7 Å². The van der Waals surface area contributed by atoms with Crippen LogP contribution in [0, 0.1) is 0 Å². The van der Waals surface area contributed by atoms with Gasteiger partial charge in [0.2, 0.25) is 0 Å². The lowest BCUT2D eigenvalue weighted by molar-refractivity contribution is -0.348. The number of hydrogen-bond donors (Lipinski definition) is 6. The number of aliphatic hydroxyl groups is 5. The van der Waals surface area contributed by atoms with E-state index in [9.17, 15) is 30.3 Å². The zero-order chi connectivity index (χ0) is 17.3. The summed E-state index contributed by atoms with van der Waals surface area (Å²) in [6, 6.07) is 0. The van der Waals surface area contributed by atoms with Crippen molar-refractivity contribution in [2.24, 2.45) is 0 Å². The Morgan fingerprint density at radius 3 is 2.26 bits per heavy atom. The maximum Gasteiger partial charge on any atom is 0.335 e. The van der Waals surface area contributed by atoms with Crippen molar-refractivity contribution < 1.29 is 54.4 Å². The van der Waals surface area contributed by atoms with E-state index < -0.39 is 61.3 Å². The molecule has 0 aromatic rings. The highest BCUT2D eigenvalue weighted by molar-refractivity contribution is 5.73. The fraction of sp³-hybridized carbons (Fsp3) is 0.917. The van der Waals surface area contributed by atoms with Gasteiger partial charge in [0.15, 0.2) is 18.7 Å². The molecule has 0 saturated carbocycles. The topological polar surface area (TPSA) is 175 Å². The summed E-state index contributed by atoms with van der Waals surface area (Å²) in [5.41, 5.74) is 0. The van der Waals surface area contributed by atoms with Gasteiger partial charge in [-0.15, -0.1) is 0 Å². The molecular weight excluding hydrogens is 320 g/mol. The fourth-order valence-electron chi connectivity index (χ4n) is 2.49. The standard InChI is InChI=1S/C12H20O11/c1-20-7-5(15)6(16)12(23-9(7)10(17)18)22-8-4(14)3(13)2-21-11(8)19/h3-9,11-16,19H,2H2,1H3,(H,17,18)/t3-,4+,5-,6+,7-,8-,9-,11-,12-/m0/s1. The second-order valence-electron chi connectivity index (χ2n) is 5.33. The number of rotatable bonds is 4. The van der Waals surface area contributed by atoms with Gasteiger partial charge in [-0.2, -0.15) is 0 Å². The van der Waals surface area contributed by atoms with Crippen molar-refractivity contribution in [2.45, 2.75) is 55.3 Å². The lowest BCUT2D eigenvalue weighted by atomic mass is 9.98. The van der Waals surface area contributed by atoms with Gasteiger partial charge >= 0.3 is 5.97 Å². The van der Waals surface area contributed by atoms with E-state index in [0.717, 1.165) is 7.11 Å². The lowest BCUT2D eigenvalue weighted by Crippen LogP contribution is -2.63. The highest BCUT2D eigenvalue weighted by Gasteiger charge is 2.51. The average molecular weight is 340 g/mol. The quantitative estimate of drug-likeness (QED) is 0.294. The lowest BCUT2D eigenvalue weighted by Gasteiger charge is -2.43. The highest BCUT2D eigenvalue weighted by atomic mass is 16.7. The van der Waals surface area contributed by atoms with Crippen molar-refractivity contribution >= 4 is 5.97 Å². The van der Waals surface area contributed by atoms with Crippen LogP contribution >= 0.6 is 0 Å². The van der Waals surface area contributed by atoms with Gasteiger partial charge in [-0.25, -0.2) is 4.79 Å². The van der Waals surface area contributed by atoms with Crippen LogP contribution in [0.3, 0.4) is 0 Å². The summed E-state index contributed by atoms with van der Waals surface area (Å²) < 4.78 is 19.8. The summed E-state index contributed by atoms with van der Waals surface area (Å²) in [6.07, 6.45) is -14.1. The number of methoxy groups -OCH3 is 1. The SMILES string of the molecule is CO[C@H]1[C@@H](O)[C@@H](O)[C@@H](O[C@H]2[C@H](O)[C@@H](O)CO[C@@H]2O)O[C@@H]1C(=O)O. The first-order chi connectivity index (χ1) is 10.8. The maximum absolute atomic E-state index is 11.2. The van der Waals surface area contributed by atoms with Crippen LogP contribution in [0.25, 0.3) is 0 Å². The molecule has 11 heteroatoms. The van der Waals surface area contributed by atoms with Crippen LogP contribution in [0.1, 0.15) is 0 Å². The molecule has 6 N–H and O–H groups in total. The zero-order valence-corrected chi connectivity index (χ0v) is 12.1. The molecule has 134 valence electrons. The van der Waals surface area contributed by atoms with Gasteiger partial charge in [-0.3, -0.25) is 0 Å². The smallest absolute Gasteiger partial charge is 0.335 e. The third kappa shape index (κ3) is 3.63. The van der Waals surface area contributed by atoms with Gasteiger partial charge in [0.05, 0.1) is 6.61 Å². The number of carboxylic acids is 1. The molecule has 0 aromatic heterocycles. The normalized spacial score (nSPS) is 48.2. The largest absolute Gasteiger partial charge is 0.479 e. The van der Waals surface area contributed by atoms with Crippen molar-refractivity contribution in [1.29, 1.82) is 0 Å². The molecule has 0 radical (unpaired) electrons. The molecule has 9 atom stereocenters. The van der Waals surface area contributed by atoms with Crippen LogP contribution in [-0.4, -0.2) is 106 Å². The first kappa shape index (κ1) is 18.4. The average Bonchev–Trinajstić information content (AvgIpc) is 2.51. The number of aliphatic hydroxyl groups excluding tert-OH is 5. The summed E-state index contributed by atoms with van der Waals surface area (Å²) in [4.78, 5) is 11.2. The summed E-state index contributed by atoms with van der Waals surface area (Å²) in [5, 5.41) is 58.0. The molecule has 2 aliphatic rings. The number of ether oxygens (including phenoxy) is 4. The fourth-order valence-corrected chi connectivity index (χ4v) is 2.49. The number of carboxylic acid groups (broad SMARTS) is 1. The van der Waals surface area contributed by atoms with Gasteiger partial charge in [-0.05, 0) is 0 Å². The molecule has 0 aromatic carbocycles. The first-order valence-electron chi connectivity index (χ1n) is 6.86. The molecule has 0 amide bonds. The molecule has 2 aliphatic heterocycles. The van der Waals surface area contributed by atoms with Gasteiger partial charge in [0.25, 0.3) is 0 Å². The van der Waals surface area contributed by atoms with E-state index in [4.69, 9.17) is 24.1 Å². The Balaban J connectivity index is 2.13. The van der Waals surface area contributed by atoms with E-state index in [0.29, 0.717) is 0 Å². The number of hydrogen-bond acceptors (Lipinski definition) is 10. The third-order valence-corrected chi connectivity index (χ3v) is 3.80. The number of aliphatic carboxylic acids is 1. The molecule has 0 aliphatic carbocycles. The Morgan fingerprint density at radius 2 is 1.70 bits per heavy atom. The summed E-state index contributed by atoms with van der Waals surface area (Å²) in [7, 11) is 1.14. The molecule has 2 rings (SSSR count). The van der Waals surface area contributed by atoms with Crippen molar-refractivity contribution in [3.8, 4) is 0 Å². The van der Waals surface area contributed by atoms with Crippen molar-refractivity contribution in [2.75, 3.05) is 13.7 Å². The van der Waals surface area contributed by atoms with E-state index in [-0.39, 0.29) is 6.61 Å². The first-order valence-corrected chi connectivity index (χ1v) is 6.86. The van der Waals surface area contributed by atoms with Crippen LogP contribution in [0.2, 0.25) is 0 Å². The molecule has 0 bridgehead atoms. The Bertz CT molecular complexity index is 418. The Kier molecular flexibility index (Phi) is 5.89. The van der Waals surface area contributed by atoms with E-state index in [1.807, 2.05) is 0 Å². The van der Waals surface area contributed by atoms with E-state index in [1.54, 1.807) is 0 Å². The molecular formula is C12H20O11. The molecule has 2 heterocycles. The molecule has 0 spiro atoms. The summed E-state index contributed by atoms with van der Waals surface area (Å²) in [5.74, 6) is -1.46. The minimum absolute atomic E-state index is 0.331. The van der Waals surface area contributed by atoms with E-state index >= 15 is 0 Å². The van der Waals surface area contributed by atoms with Gasteiger partial charge in [0, 0.05) is 7.11 Å². The third-order valence-electron chi connectivity index (χ3n) is 3.80. The minimum atomic E-state index is -1.71. The molecule has 0 unspecified atom stereocenters. The predicted molar refractivity (Wildman–Crippen MR) is 68.0 cm³/mol. The van der Waals surface area contributed by atoms with Crippen LogP contribution < -0.4 is 0 Å². The van der Waals surface area contributed by atoms with Gasteiger partial charge in [-0.1, -0.05) is 0 Å². The van der Waals surface area contributed by atoms with Crippen molar-refractivity contribution in [1.82, 2.24) is 0 Å². The monoisotopic (exact) mass is 340 g/mol. The Morgan fingerprint density at radius 1 is 1.04 bits per heavy atom. The summed E-state index contributed by atoms with van der Waals surface area (Å²) >= 11 is 0. The molecule has 23 heavy (non-hydrogen) atoms. The maximum atomic E-state index is 11.2. The van der Waals surface area contributed by atoms with Crippen LogP contribution in [0.4, 0.5) is 0 Å². The highest BCUT2D eigenvalue weighted by Crippen LogP contribution is 2.27. The zero-order valence-electron chi connectivity index (χ0n) is 12.1. The molecule has 2 fully saturated rings. The second-order valence-corrected chi connectivity index (χ2v) is 5.33. The van der Waals surface area contributed by atoms with Crippen molar-refractivity contribution in [3.63, 3.8) is 0 Å². The minimum Gasteiger partial charge on any atom is -0.479 e. The van der Waals surface area contributed by atoms with Gasteiger partial charge in [0.1, 0.15) is 36.6 Å². The van der Waals surface area contributed by atoms with E-state index in [1.165, 1.54) is 0 Å². The Hall–Kier alpha value is -0.890.